The van der Waals surface area contributed by atoms with Crippen LogP contribution in [0, 0.1) is 0 Å². The minimum absolute atomic E-state index is 0.329. The number of ether oxygens (including phenoxy) is 1. The molecule has 1 fully saturated rings. The highest BCUT2D eigenvalue weighted by atomic mass is 16.6. The number of aliphatic hydroxyl groups excluding tert-OH is 4. The van der Waals surface area contributed by atoms with E-state index in [1.165, 1.54) is 19.1 Å². The first-order chi connectivity index (χ1) is 10.3. The van der Waals surface area contributed by atoms with Crippen molar-refractivity contribution in [3.05, 3.63) is 12.2 Å². The predicted octanol–water partition coefficient (Wildman–Crippen LogP) is -3.88. The number of amides is 3. The van der Waals surface area contributed by atoms with Crippen LogP contribution in [0.2, 0.25) is 0 Å². The van der Waals surface area contributed by atoms with E-state index in [0.29, 0.717) is 0 Å². The maximum atomic E-state index is 10.7. The molecule has 0 aromatic carbocycles. The number of carbonyl (C=O) groups excluding carboxylic acids is 3. The van der Waals surface area contributed by atoms with Crippen molar-refractivity contribution in [2.24, 2.45) is 0 Å². The number of nitrogens with one attached hydrogen (secondary N) is 2. The van der Waals surface area contributed by atoms with Gasteiger partial charge in [-0.2, -0.15) is 0 Å². The van der Waals surface area contributed by atoms with Gasteiger partial charge in [-0.25, -0.2) is 0 Å². The van der Waals surface area contributed by atoms with Gasteiger partial charge in [0.2, 0.25) is 5.91 Å². The zero-order valence-corrected chi connectivity index (χ0v) is 11.7. The van der Waals surface area contributed by atoms with E-state index in [-0.39, 0.29) is 11.8 Å². The molecule has 2 aliphatic heterocycles. The molecular formula is C12H18N2O8. The summed E-state index contributed by atoms with van der Waals surface area (Å²) >= 11 is 0. The van der Waals surface area contributed by atoms with Crippen LogP contribution in [-0.2, 0) is 19.1 Å². The Morgan fingerprint density at radius 2 is 1.77 bits per heavy atom. The van der Waals surface area contributed by atoms with Crippen molar-refractivity contribution in [1.82, 2.24) is 10.6 Å². The Balaban J connectivity index is 0.000000287. The lowest BCUT2D eigenvalue weighted by Crippen LogP contribution is -2.63. The fourth-order valence-electron chi connectivity index (χ4n) is 1.84. The Kier molecular flexibility index (Phi) is 6.59. The molecule has 0 bridgehead atoms. The molecule has 6 N–H and O–H groups in total. The molecule has 10 heteroatoms. The molecule has 0 saturated carbocycles. The maximum absolute atomic E-state index is 10.7. The highest BCUT2D eigenvalue weighted by molar-refractivity contribution is 6.12. The summed E-state index contributed by atoms with van der Waals surface area (Å²) in [5.74, 6) is -1.12. The molecule has 2 heterocycles. The van der Waals surface area contributed by atoms with Crippen LogP contribution in [0.5, 0.6) is 0 Å². The molecular weight excluding hydrogens is 300 g/mol. The van der Waals surface area contributed by atoms with Crippen LogP contribution in [0.4, 0.5) is 0 Å². The third kappa shape index (κ3) is 4.86. The summed E-state index contributed by atoms with van der Waals surface area (Å²) in [6, 6.07) is -1.10. The van der Waals surface area contributed by atoms with Crippen molar-refractivity contribution in [2.75, 3.05) is 6.61 Å². The molecule has 0 spiro atoms. The zero-order valence-electron chi connectivity index (χ0n) is 11.7. The Bertz CT molecular complexity index is 450. The Hall–Kier alpha value is -1.85. The third-order valence-electron chi connectivity index (χ3n) is 2.90. The van der Waals surface area contributed by atoms with Gasteiger partial charge in [0.25, 0.3) is 11.8 Å². The lowest BCUT2D eigenvalue weighted by atomic mass is 9.97. The normalized spacial score (nSPS) is 33.8. The van der Waals surface area contributed by atoms with Gasteiger partial charge in [-0.05, 0) is 0 Å². The van der Waals surface area contributed by atoms with E-state index in [1.807, 2.05) is 5.32 Å². The van der Waals surface area contributed by atoms with Gasteiger partial charge in [-0.1, -0.05) is 0 Å². The minimum atomic E-state index is -1.45. The van der Waals surface area contributed by atoms with Gasteiger partial charge >= 0.3 is 0 Å². The number of imide groups is 1. The van der Waals surface area contributed by atoms with Crippen LogP contribution >= 0.6 is 0 Å². The van der Waals surface area contributed by atoms with Gasteiger partial charge in [0, 0.05) is 19.1 Å². The number of hydrogen-bond acceptors (Lipinski definition) is 8. The second-order valence-corrected chi connectivity index (χ2v) is 4.64. The number of carbonyl (C=O) groups is 3. The molecule has 10 nitrogen and oxygen atoms in total. The summed E-state index contributed by atoms with van der Waals surface area (Å²) in [7, 11) is 0. The minimum Gasteiger partial charge on any atom is -0.394 e. The molecule has 1 unspecified atom stereocenters. The Morgan fingerprint density at radius 1 is 1.23 bits per heavy atom. The van der Waals surface area contributed by atoms with Gasteiger partial charge in [-0.3, -0.25) is 19.7 Å². The van der Waals surface area contributed by atoms with E-state index < -0.39 is 43.2 Å². The molecule has 0 aromatic rings. The molecule has 0 aliphatic carbocycles. The molecule has 3 amide bonds. The summed E-state index contributed by atoms with van der Waals surface area (Å²) in [6.07, 6.45) is -2.85. The van der Waals surface area contributed by atoms with Crippen molar-refractivity contribution in [3.8, 4) is 0 Å². The van der Waals surface area contributed by atoms with E-state index in [4.69, 9.17) is 9.84 Å². The topological polar surface area (TPSA) is 165 Å². The third-order valence-corrected chi connectivity index (χ3v) is 2.90. The average molecular weight is 318 g/mol. The quantitative estimate of drug-likeness (QED) is 0.281. The largest absolute Gasteiger partial charge is 0.394 e. The molecule has 124 valence electrons. The van der Waals surface area contributed by atoms with Gasteiger partial charge in [-0.15, -0.1) is 0 Å². The highest BCUT2D eigenvalue weighted by Crippen LogP contribution is 2.19. The molecule has 0 radical (unpaired) electrons. The van der Waals surface area contributed by atoms with Gasteiger partial charge in [0.05, 0.1) is 6.61 Å². The summed E-state index contributed by atoms with van der Waals surface area (Å²) in [5, 5.41) is 41.4. The van der Waals surface area contributed by atoms with Crippen LogP contribution in [0.25, 0.3) is 0 Å². The Morgan fingerprint density at radius 3 is 2.14 bits per heavy atom. The van der Waals surface area contributed by atoms with E-state index in [0.717, 1.165) is 0 Å². The van der Waals surface area contributed by atoms with Crippen molar-refractivity contribution >= 4 is 17.7 Å². The Labute approximate surface area is 125 Å². The smallest absolute Gasteiger partial charge is 0.250 e. The van der Waals surface area contributed by atoms with Crippen LogP contribution in [0.1, 0.15) is 6.92 Å². The molecule has 2 rings (SSSR count). The van der Waals surface area contributed by atoms with Crippen LogP contribution in [0.3, 0.4) is 0 Å². The predicted molar refractivity (Wildman–Crippen MR) is 69.9 cm³/mol. The summed E-state index contributed by atoms with van der Waals surface area (Å²) < 4.78 is 4.81. The van der Waals surface area contributed by atoms with Crippen LogP contribution in [0.15, 0.2) is 12.2 Å². The first-order valence-electron chi connectivity index (χ1n) is 6.37. The zero-order chi connectivity index (χ0) is 16.9. The fraction of sp³-hybridized carbons (Fsp3) is 0.583. The lowest BCUT2D eigenvalue weighted by Gasteiger charge is -2.40. The maximum Gasteiger partial charge on any atom is 0.250 e. The van der Waals surface area contributed by atoms with E-state index in [2.05, 4.69) is 5.32 Å². The second-order valence-electron chi connectivity index (χ2n) is 4.64. The van der Waals surface area contributed by atoms with Crippen molar-refractivity contribution < 1.29 is 39.5 Å². The number of hydrogen-bond donors (Lipinski definition) is 6. The molecule has 0 aromatic heterocycles. The van der Waals surface area contributed by atoms with E-state index >= 15 is 0 Å². The van der Waals surface area contributed by atoms with Gasteiger partial charge in [0.1, 0.15) is 24.4 Å². The summed E-state index contributed by atoms with van der Waals surface area (Å²) in [5.41, 5.74) is 0. The molecule has 1 saturated heterocycles. The number of aliphatic hydroxyl groups is 4. The fourth-order valence-corrected chi connectivity index (χ4v) is 1.84. The van der Waals surface area contributed by atoms with Crippen LogP contribution < -0.4 is 10.6 Å². The standard InChI is InChI=1S/C8H15NO6.C4H3NO2/c1-3(11)9-5-7(13)6(12)4(2-10)15-8(5)14;6-3-1-2-4(7)5-3/h4-8,10,12-14H,2H2,1H3,(H,9,11);1-2H,(H,5,6,7)/t4-,5-,6+,7-,8?;/m1./s1. The first-order valence-corrected chi connectivity index (χ1v) is 6.37. The molecule has 2 aliphatic rings. The second kappa shape index (κ2) is 7.96. The molecule has 5 atom stereocenters. The monoisotopic (exact) mass is 318 g/mol. The molecule has 22 heavy (non-hydrogen) atoms. The van der Waals surface area contributed by atoms with Crippen LogP contribution in [-0.4, -0.2) is 75.4 Å². The van der Waals surface area contributed by atoms with Gasteiger partial charge < -0.3 is 30.5 Å². The van der Waals surface area contributed by atoms with E-state index in [9.17, 15) is 29.7 Å². The lowest BCUT2D eigenvalue weighted by molar-refractivity contribution is -0.253. The average Bonchev–Trinajstić information content (AvgIpc) is 2.83. The van der Waals surface area contributed by atoms with Gasteiger partial charge in [0.15, 0.2) is 6.29 Å². The summed E-state index contributed by atoms with van der Waals surface area (Å²) in [6.45, 7) is 0.687. The van der Waals surface area contributed by atoms with E-state index in [1.54, 1.807) is 0 Å². The number of rotatable bonds is 2. The van der Waals surface area contributed by atoms with Crippen molar-refractivity contribution in [1.29, 1.82) is 0 Å². The summed E-state index contributed by atoms with van der Waals surface area (Å²) in [4.78, 5) is 30.8. The van der Waals surface area contributed by atoms with Crippen molar-refractivity contribution in [2.45, 2.75) is 37.6 Å². The SMILES string of the molecule is CC(=O)N[C@H]1C(O)O[C@H](CO)[C@H](O)[C@@H]1O.O=C1C=CC(=O)N1. The highest BCUT2D eigenvalue weighted by Gasteiger charge is 2.43. The van der Waals surface area contributed by atoms with Crippen molar-refractivity contribution in [3.63, 3.8) is 0 Å². The first kappa shape index (κ1) is 18.2.